The maximum atomic E-state index is 15.1. The number of ketones is 1. The summed E-state index contributed by atoms with van der Waals surface area (Å²) in [6, 6.07) is 16.8. The minimum Gasteiger partial charge on any atom is -0.507 e. The molecular formula is C29H26FN3O4. The molecule has 0 saturated carbocycles. The van der Waals surface area contributed by atoms with E-state index in [1.54, 1.807) is 42.5 Å². The van der Waals surface area contributed by atoms with Crippen LogP contribution in [0.3, 0.4) is 0 Å². The smallest absolute Gasteiger partial charge is 0.302 e. The molecule has 4 aromatic rings. The minimum absolute atomic E-state index is 0.0670. The molecule has 0 radical (unpaired) electrons. The van der Waals surface area contributed by atoms with Gasteiger partial charge in [-0.15, -0.1) is 0 Å². The molecule has 1 atom stereocenters. The van der Waals surface area contributed by atoms with Gasteiger partial charge in [-0.2, -0.15) is 0 Å². The van der Waals surface area contributed by atoms with Crippen LogP contribution in [0.1, 0.15) is 36.6 Å². The molecule has 2 N–H and O–H groups in total. The molecule has 0 spiro atoms. The maximum absolute atomic E-state index is 15.1. The van der Waals surface area contributed by atoms with Gasteiger partial charge in [-0.25, -0.2) is 9.37 Å². The Hall–Kier alpha value is -4.46. The summed E-state index contributed by atoms with van der Waals surface area (Å²) in [4.78, 5) is 35.3. The number of benzene rings is 3. The Balaban J connectivity index is 1.66. The van der Waals surface area contributed by atoms with Crippen LogP contribution in [0.15, 0.2) is 72.3 Å². The average Bonchev–Trinajstić information content (AvgIpc) is 3.41. The number of ether oxygens (including phenoxy) is 1. The molecule has 1 aromatic heterocycles. The predicted molar refractivity (Wildman–Crippen MR) is 139 cm³/mol. The fourth-order valence-electron chi connectivity index (χ4n) is 4.47. The summed E-state index contributed by atoms with van der Waals surface area (Å²) in [6.07, 6.45) is 0. The van der Waals surface area contributed by atoms with Crippen molar-refractivity contribution in [2.24, 2.45) is 5.92 Å². The highest BCUT2D eigenvalue weighted by Gasteiger charge is 2.49. The number of halogens is 1. The largest absolute Gasteiger partial charge is 0.507 e. The highest BCUT2D eigenvalue weighted by atomic mass is 19.1. The van der Waals surface area contributed by atoms with E-state index in [0.29, 0.717) is 34.9 Å². The lowest BCUT2D eigenvalue weighted by Gasteiger charge is -2.23. The van der Waals surface area contributed by atoms with Gasteiger partial charge in [0.25, 0.3) is 5.78 Å². The molecule has 0 bridgehead atoms. The fourth-order valence-corrected chi connectivity index (χ4v) is 4.47. The number of aliphatic hydroxyl groups excluding tert-OH is 1. The number of nitrogens with one attached hydrogen (secondary N) is 1. The number of fused-ring (bicyclic) bond motifs is 1. The van der Waals surface area contributed by atoms with Crippen LogP contribution in [0.5, 0.6) is 5.75 Å². The van der Waals surface area contributed by atoms with E-state index in [1.807, 2.05) is 26.8 Å². The van der Waals surface area contributed by atoms with Crippen LogP contribution in [-0.2, 0) is 9.59 Å². The molecule has 1 aliphatic heterocycles. The van der Waals surface area contributed by atoms with E-state index in [2.05, 4.69) is 9.97 Å². The molecule has 1 fully saturated rings. The van der Waals surface area contributed by atoms with Crippen molar-refractivity contribution in [2.75, 3.05) is 11.5 Å². The van der Waals surface area contributed by atoms with Crippen molar-refractivity contribution in [1.29, 1.82) is 0 Å². The molecule has 7 nitrogen and oxygen atoms in total. The van der Waals surface area contributed by atoms with E-state index in [9.17, 15) is 14.7 Å². The second-order valence-electron chi connectivity index (χ2n) is 9.45. The van der Waals surface area contributed by atoms with Gasteiger partial charge >= 0.3 is 5.91 Å². The lowest BCUT2D eigenvalue weighted by molar-refractivity contribution is -0.132. The van der Waals surface area contributed by atoms with Crippen molar-refractivity contribution in [2.45, 2.75) is 26.8 Å². The van der Waals surface area contributed by atoms with Crippen LogP contribution in [0, 0.1) is 18.7 Å². The van der Waals surface area contributed by atoms with Crippen LogP contribution in [-0.4, -0.2) is 33.4 Å². The molecule has 1 amide bonds. The summed E-state index contributed by atoms with van der Waals surface area (Å²) in [5.41, 5.74) is 2.15. The first-order chi connectivity index (χ1) is 17.8. The fraction of sp³-hybridized carbons (Fsp3) is 0.207. The summed E-state index contributed by atoms with van der Waals surface area (Å²) in [5, 5.41) is 11.4. The summed E-state index contributed by atoms with van der Waals surface area (Å²) in [6.45, 7) is 6.44. The molecule has 2 heterocycles. The van der Waals surface area contributed by atoms with Crippen LogP contribution < -0.4 is 9.64 Å². The molecular weight excluding hydrogens is 473 g/mol. The third-order valence-corrected chi connectivity index (χ3v) is 6.27. The van der Waals surface area contributed by atoms with E-state index in [0.717, 1.165) is 10.5 Å². The Bertz CT molecular complexity index is 1520. The lowest BCUT2D eigenvalue weighted by Crippen LogP contribution is -2.30. The number of H-pyrrole nitrogens is 1. The van der Waals surface area contributed by atoms with Crippen LogP contribution in [0.25, 0.3) is 16.8 Å². The number of aryl methyl sites for hydroxylation is 1. The van der Waals surface area contributed by atoms with Gasteiger partial charge in [0, 0.05) is 11.1 Å². The van der Waals surface area contributed by atoms with Gasteiger partial charge in [0.05, 0.1) is 23.2 Å². The van der Waals surface area contributed by atoms with E-state index in [-0.39, 0.29) is 17.1 Å². The zero-order valence-corrected chi connectivity index (χ0v) is 20.7. The summed E-state index contributed by atoms with van der Waals surface area (Å²) >= 11 is 0. The number of hydrogen-bond acceptors (Lipinski definition) is 5. The number of Topliss-reactive ketones (excluding diaryl/α,β-unsaturated/α-hetero) is 1. The molecule has 1 unspecified atom stereocenters. The maximum Gasteiger partial charge on any atom is 0.302 e. The number of aliphatic hydroxyl groups is 1. The van der Waals surface area contributed by atoms with Crippen LogP contribution in [0.4, 0.5) is 10.3 Å². The van der Waals surface area contributed by atoms with Crippen molar-refractivity contribution in [3.63, 3.8) is 0 Å². The van der Waals surface area contributed by atoms with Crippen molar-refractivity contribution < 1.29 is 23.8 Å². The molecule has 8 heteroatoms. The highest BCUT2D eigenvalue weighted by molar-refractivity contribution is 6.51. The number of carbonyl (C=O) groups excluding carboxylic acids is 2. The lowest BCUT2D eigenvalue weighted by atomic mass is 9.94. The van der Waals surface area contributed by atoms with Gasteiger partial charge < -0.3 is 14.8 Å². The topological polar surface area (TPSA) is 95.5 Å². The SMILES string of the molecule is Cc1cc(/C(O)=C2\C(=O)C(=O)N(c3nc4ccccc4[nH]3)C2c2ccccc2F)ccc1OCC(C)C. The van der Waals surface area contributed by atoms with Crippen LogP contribution >= 0.6 is 0 Å². The summed E-state index contributed by atoms with van der Waals surface area (Å²) < 4.78 is 20.9. The zero-order chi connectivity index (χ0) is 26.3. The number of rotatable bonds is 6. The number of aromatic amines is 1. The Morgan fingerprint density at radius 3 is 2.54 bits per heavy atom. The number of amides is 1. The quantitative estimate of drug-likeness (QED) is 0.202. The van der Waals surface area contributed by atoms with Crippen molar-refractivity contribution in [1.82, 2.24) is 9.97 Å². The summed E-state index contributed by atoms with van der Waals surface area (Å²) in [5.74, 6) is -1.78. The second-order valence-corrected chi connectivity index (χ2v) is 9.45. The molecule has 3 aromatic carbocycles. The molecule has 1 saturated heterocycles. The molecule has 0 aliphatic carbocycles. The van der Waals surface area contributed by atoms with Crippen LogP contribution in [0.2, 0.25) is 0 Å². The minimum atomic E-state index is -1.22. The van der Waals surface area contributed by atoms with Crippen molar-refractivity contribution >= 4 is 34.4 Å². The second kappa shape index (κ2) is 9.54. The van der Waals surface area contributed by atoms with Crippen molar-refractivity contribution in [3.05, 3.63) is 94.8 Å². The standard InChI is InChI=1S/C29H26FN3O4/c1-16(2)15-37-23-13-12-18(14-17(23)3)26(34)24-25(19-8-4-5-9-20(19)30)33(28(36)27(24)35)29-31-21-10-6-7-11-22(21)32-29/h4-14,16,25,34H,15H2,1-3H3,(H,31,32)/b26-24+. The van der Waals surface area contributed by atoms with Gasteiger partial charge in [0.2, 0.25) is 5.95 Å². The molecule has 1 aliphatic rings. The number of para-hydroxylation sites is 2. The molecule has 188 valence electrons. The van der Waals surface area contributed by atoms with Gasteiger partial charge in [0.1, 0.15) is 23.4 Å². The Morgan fingerprint density at radius 2 is 1.84 bits per heavy atom. The highest BCUT2D eigenvalue weighted by Crippen LogP contribution is 2.42. The number of nitrogens with zero attached hydrogens (tertiary/aromatic N) is 2. The Morgan fingerprint density at radius 1 is 1.11 bits per heavy atom. The molecule has 37 heavy (non-hydrogen) atoms. The number of hydrogen-bond donors (Lipinski definition) is 2. The van der Waals surface area contributed by atoms with E-state index in [4.69, 9.17) is 4.74 Å². The van der Waals surface area contributed by atoms with Gasteiger partial charge in [0.15, 0.2) is 0 Å². The number of imidazole rings is 1. The third kappa shape index (κ3) is 4.35. The Kier molecular flexibility index (Phi) is 6.25. The zero-order valence-electron chi connectivity index (χ0n) is 20.7. The normalized spacial score (nSPS) is 17.2. The first-order valence-corrected chi connectivity index (χ1v) is 12.0. The first kappa shape index (κ1) is 24.2. The number of aromatic nitrogens is 2. The number of carbonyl (C=O) groups is 2. The average molecular weight is 500 g/mol. The van der Waals surface area contributed by atoms with E-state index < -0.39 is 29.3 Å². The third-order valence-electron chi connectivity index (χ3n) is 6.27. The van der Waals surface area contributed by atoms with Gasteiger partial charge in [-0.1, -0.05) is 44.2 Å². The van der Waals surface area contributed by atoms with Gasteiger partial charge in [-0.3, -0.25) is 14.5 Å². The monoisotopic (exact) mass is 499 g/mol. The Labute approximate surface area is 213 Å². The molecule has 5 rings (SSSR count). The van der Waals surface area contributed by atoms with Gasteiger partial charge in [-0.05, 0) is 54.8 Å². The predicted octanol–water partition coefficient (Wildman–Crippen LogP) is 5.67. The number of anilines is 1. The van der Waals surface area contributed by atoms with Crippen molar-refractivity contribution in [3.8, 4) is 5.75 Å². The summed E-state index contributed by atoms with van der Waals surface area (Å²) in [7, 11) is 0. The van der Waals surface area contributed by atoms with E-state index >= 15 is 4.39 Å². The van der Waals surface area contributed by atoms with E-state index in [1.165, 1.54) is 18.2 Å². The first-order valence-electron chi connectivity index (χ1n) is 12.0.